The lowest BCUT2D eigenvalue weighted by Crippen LogP contribution is -3.12. The minimum Gasteiger partial charge on any atom is -0.497 e. The molecule has 1 aliphatic heterocycles. The molecule has 2 amide bonds. The number of anilines is 1. The zero-order valence-electron chi connectivity index (χ0n) is 17.4. The molecule has 2 heterocycles. The highest BCUT2D eigenvalue weighted by atomic mass is 16.5. The van der Waals surface area contributed by atoms with Crippen LogP contribution in [0.5, 0.6) is 5.75 Å². The normalized spacial score (nSPS) is 16.1. The number of quaternary nitrogens is 1. The van der Waals surface area contributed by atoms with E-state index in [1.54, 1.807) is 37.6 Å². The van der Waals surface area contributed by atoms with Gasteiger partial charge in [-0.3, -0.25) is 9.59 Å². The first-order chi connectivity index (χ1) is 15.1. The van der Waals surface area contributed by atoms with Gasteiger partial charge < -0.3 is 24.7 Å². The van der Waals surface area contributed by atoms with Gasteiger partial charge in [0.05, 0.1) is 26.5 Å². The lowest BCUT2D eigenvalue weighted by molar-refractivity contribution is -0.946. The Morgan fingerprint density at radius 3 is 2.52 bits per heavy atom. The van der Waals surface area contributed by atoms with Gasteiger partial charge in [-0.2, -0.15) is 0 Å². The van der Waals surface area contributed by atoms with Crippen molar-refractivity contribution in [3.63, 3.8) is 0 Å². The molecule has 1 unspecified atom stereocenters. The molecule has 0 aliphatic carbocycles. The summed E-state index contributed by atoms with van der Waals surface area (Å²) in [5, 5.41) is 5.39. The quantitative estimate of drug-likeness (QED) is 0.530. The molecule has 0 spiro atoms. The van der Waals surface area contributed by atoms with Crippen molar-refractivity contribution in [1.82, 2.24) is 5.32 Å². The highest BCUT2D eigenvalue weighted by molar-refractivity contribution is 6.39. The molecule has 1 aromatic heterocycles. The number of benzene rings is 2. The van der Waals surface area contributed by atoms with Crippen LogP contribution in [0.15, 0.2) is 71.3 Å². The van der Waals surface area contributed by atoms with Gasteiger partial charge in [0.1, 0.15) is 12.3 Å². The first kappa shape index (κ1) is 20.7. The van der Waals surface area contributed by atoms with Crippen molar-refractivity contribution < 1.29 is 23.6 Å². The van der Waals surface area contributed by atoms with Crippen molar-refractivity contribution in [3.8, 4) is 5.75 Å². The third-order valence-corrected chi connectivity index (χ3v) is 5.65. The zero-order valence-corrected chi connectivity index (χ0v) is 17.4. The number of hydrogen-bond acceptors (Lipinski definition) is 4. The third kappa shape index (κ3) is 4.95. The minimum atomic E-state index is -0.706. The number of carbonyl (C=O) groups is 2. The van der Waals surface area contributed by atoms with Gasteiger partial charge >= 0.3 is 11.8 Å². The van der Waals surface area contributed by atoms with Crippen LogP contribution < -0.4 is 20.3 Å². The number of ether oxygens (including phenoxy) is 1. The number of methoxy groups -OCH3 is 1. The molecule has 1 aliphatic rings. The summed E-state index contributed by atoms with van der Waals surface area (Å²) < 4.78 is 10.8. The van der Waals surface area contributed by atoms with Crippen molar-refractivity contribution >= 4 is 17.5 Å². The van der Waals surface area contributed by atoms with Crippen LogP contribution in [0.2, 0.25) is 0 Å². The van der Waals surface area contributed by atoms with Crippen LogP contribution in [0.4, 0.5) is 5.69 Å². The van der Waals surface area contributed by atoms with E-state index < -0.39 is 11.8 Å². The summed E-state index contributed by atoms with van der Waals surface area (Å²) in [5.74, 6) is 0.0894. The largest absolute Gasteiger partial charge is 0.497 e. The average Bonchev–Trinajstić information content (AvgIpc) is 3.34. The topological polar surface area (TPSA) is 85.0 Å². The van der Waals surface area contributed by atoms with E-state index in [2.05, 4.69) is 34.9 Å². The van der Waals surface area contributed by atoms with E-state index in [0.29, 0.717) is 18.0 Å². The molecule has 3 aromatic rings. The molecule has 2 aromatic carbocycles. The summed E-state index contributed by atoms with van der Waals surface area (Å²) >= 11 is 0. The molecule has 0 bridgehead atoms. The number of hydrogen-bond donors (Lipinski definition) is 3. The molecule has 3 N–H and O–H groups in total. The number of fused-ring (bicyclic) bond motifs is 1. The summed E-state index contributed by atoms with van der Waals surface area (Å²) in [7, 11) is 1.57. The van der Waals surface area contributed by atoms with Gasteiger partial charge in [0, 0.05) is 17.7 Å². The predicted octanol–water partition coefficient (Wildman–Crippen LogP) is 1.73. The van der Waals surface area contributed by atoms with Gasteiger partial charge in [-0.05, 0) is 42.0 Å². The standard InChI is InChI=1S/C24H25N3O4/c1-30-20-10-8-19(9-11-20)26-24(29)23(28)25-15-21(22-7-4-14-31-22)27-13-12-17-5-2-3-6-18(17)16-27/h2-11,14,21H,12-13,15-16H2,1H3,(H,25,28)(H,26,29)/p+1/t21-/m0/s1. The Balaban J connectivity index is 1.39. The van der Waals surface area contributed by atoms with Crippen LogP contribution in [-0.4, -0.2) is 32.0 Å². The number of nitrogens with one attached hydrogen (secondary N) is 3. The molecule has 0 saturated heterocycles. The Morgan fingerprint density at radius 1 is 1.03 bits per heavy atom. The van der Waals surface area contributed by atoms with E-state index in [1.165, 1.54) is 16.0 Å². The smallest absolute Gasteiger partial charge is 0.313 e. The van der Waals surface area contributed by atoms with Crippen LogP contribution in [0.3, 0.4) is 0 Å². The summed E-state index contributed by atoms with van der Waals surface area (Å²) in [6.45, 7) is 2.08. The van der Waals surface area contributed by atoms with Crippen molar-refractivity contribution in [1.29, 1.82) is 0 Å². The number of amides is 2. The average molecular weight is 420 g/mol. The molecule has 4 rings (SSSR count). The van der Waals surface area contributed by atoms with Crippen molar-refractivity contribution in [3.05, 3.63) is 83.8 Å². The maximum Gasteiger partial charge on any atom is 0.313 e. The molecule has 0 radical (unpaired) electrons. The maximum atomic E-state index is 12.4. The van der Waals surface area contributed by atoms with Crippen LogP contribution >= 0.6 is 0 Å². The monoisotopic (exact) mass is 420 g/mol. The Kier molecular flexibility index (Phi) is 6.33. The minimum absolute atomic E-state index is 0.0823. The van der Waals surface area contributed by atoms with Crippen LogP contribution in [0, 0.1) is 0 Å². The fraction of sp³-hybridized carbons (Fsp3) is 0.250. The van der Waals surface area contributed by atoms with E-state index >= 15 is 0 Å². The molecule has 0 fully saturated rings. The first-order valence-electron chi connectivity index (χ1n) is 10.3. The first-order valence-corrected chi connectivity index (χ1v) is 10.3. The summed E-state index contributed by atoms with van der Waals surface area (Å²) in [4.78, 5) is 26.1. The Bertz CT molecular complexity index is 1030. The fourth-order valence-corrected chi connectivity index (χ4v) is 3.97. The van der Waals surface area contributed by atoms with Gasteiger partial charge in [0.25, 0.3) is 0 Å². The van der Waals surface area contributed by atoms with Crippen molar-refractivity contribution in [2.45, 2.75) is 19.0 Å². The molecule has 2 atom stereocenters. The van der Waals surface area contributed by atoms with Crippen LogP contribution in [-0.2, 0) is 22.6 Å². The third-order valence-electron chi connectivity index (χ3n) is 5.65. The summed E-state index contributed by atoms with van der Waals surface area (Å²) in [6.07, 6.45) is 2.60. The van der Waals surface area contributed by atoms with E-state index in [0.717, 1.165) is 25.3 Å². The van der Waals surface area contributed by atoms with Gasteiger partial charge in [-0.15, -0.1) is 0 Å². The van der Waals surface area contributed by atoms with Gasteiger partial charge in [0.15, 0.2) is 11.8 Å². The van der Waals surface area contributed by atoms with Crippen molar-refractivity contribution in [2.24, 2.45) is 0 Å². The SMILES string of the molecule is COc1ccc(NC(=O)C(=O)NC[C@@H](c2ccco2)[NH+]2CCc3ccccc3C2)cc1. The number of carbonyl (C=O) groups excluding carboxylic acids is 2. The Labute approximate surface area is 181 Å². The second kappa shape index (κ2) is 9.49. The molecular formula is C24H26N3O4+. The van der Waals surface area contributed by atoms with Crippen LogP contribution in [0.1, 0.15) is 22.9 Å². The zero-order chi connectivity index (χ0) is 21.6. The lowest BCUT2D eigenvalue weighted by Gasteiger charge is -2.31. The molecule has 7 nitrogen and oxygen atoms in total. The van der Waals surface area contributed by atoms with E-state index in [1.807, 2.05) is 12.1 Å². The van der Waals surface area contributed by atoms with Crippen LogP contribution in [0.25, 0.3) is 0 Å². The second-order valence-electron chi connectivity index (χ2n) is 7.56. The Hall–Kier alpha value is -3.58. The highest BCUT2D eigenvalue weighted by Gasteiger charge is 2.31. The molecule has 31 heavy (non-hydrogen) atoms. The van der Waals surface area contributed by atoms with E-state index in [9.17, 15) is 9.59 Å². The lowest BCUT2D eigenvalue weighted by atomic mass is 9.98. The predicted molar refractivity (Wildman–Crippen MR) is 116 cm³/mol. The fourth-order valence-electron chi connectivity index (χ4n) is 3.97. The second-order valence-corrected chi connectivity index (χ2v) is 7.56. The summed E-state index contributed by atoms with van der Waals surface area (Å²) in [5.41, 5.74) is 3.21. The highest BCUT2D eigenvalue weighted by Crippen LogP contribution is 2.16. The van der Waals surface area contributed by atoms with Gasteiger partial charge in [-0.25, -0.2) is 0 Å². The molecule has 0 saturated carbocycles. The van der Waals surface area contributed by atoms with E-state index in [-0.39, 0.29) is 6.04 Å². The van der Waals surface area contributed by atoms with Crippen molar-refractivity contribution in [2.75, 3.05) is 25.5 Å². The van der Waals surface area contributed by atoms with Gasteiger partial charge in [0.2, 0.25) is 0 Å². The van der Waals surface area contributed by atoms with E-state index in [4.69, 9.17) is 9.15 Å². The van der Waals surface area contributed by atoms with Gasteiger partial charge in [-0.1, -0.05) is 24.3 Å². The molecule has 160 valence electrons. The summed E-state index contributed by atoms with van der Waals surface area (Å²) in [6, 6.07) is 18.9. The Morgan fingerprint density at radius 2 is 1.81 bits per heavy atom. The molecule has 7 heteroatoms. The maximum absolute atomic E-state index is 12.4. The number of rotatable bonds is 6. The molecular weight excluding hydrogens is 394 g/mol. The number of furan rings is 1.